The Kier molecular flexibility index (Phi) is 2.94. The predicted molar refractivity (Wildman–Crippen MR) is 70.1 cm³/mol. The van der Waals surface area contributed by atoms with E-state index in [9.17, 15) is 8.78 Å². The lowest BCUT2D eigenvalue weighted by Gasteiger charge is -2.06. The highest BCUT2D eigenvalue weighted by Gasteiger charge is 2.10. The highest BCUT2D eigenvalue weighted by molar-refractivity contribution is 7.98. The first-order valence-electron chi connectivity index (χ1n) is 5.52. The number of imidazole rings is 1. The minimum absolute atomic E-state index is 0.528. The Labute approximate surface area is 112 Å². The number of hydrogen-bond donors (Lipinski definition) is 0. The van der Waals surface area contributed by atoms with Crippen molar-refractivity contribution < 1.29 is 8.78 Å². The zero-order chi connectivity index (χ0) is 13.4. The maximum Gasteiger partial charge on any atom is 0.174 e. The van der Waals surface area contributed by atoms with Crippen LogP contribution in [0, 0.1) is 11.6 Å². The first-order chi connectivity index (χ1) is 9.19. The molecule has 0 aliphatic heterocycles. The monoisotopic (exact) mass is 277 g/mol. The van der Waals surface area contributed by atoms with Crippen LogP contribution in [0.2, 0.25) is 0 Å². The minimum Gasteiger partial charge on any atom is -0.279 e. The summed E-state index contributed by atoms with van der Waals surface area (Å²) in [5, 5.41) is 0.745. The number of aromatic nitrogens is 3. The van der Waals surface area contributed by atoms with Crippen molar-refractivity contribution in [3.05, 3.63) is 48.3 Å². The van der Waals surface area contributed by atoms with Crippen molar-refractivity contribution in [1.29, 1.82) is 0 Å². The molecule has 0 spiro atoms. The van der Waals surface area contributed by atoms with Gasteiger partial charge in [-0.05, 0) is 24.5 Å². The number of hydrogen-bond acceptors (Lipinski definition) is 3. The molecule has 6 heteroatoms. The van der Waals surface area contributed by atoms with Gasteiger partial charge >= 0.3 is 0 Å². The Morgan fingerprint density at radius 3 is 2.74 bits per heavy atom. The molecule has 0 aliphatic carbocycles. The van der Waals surface area contributed by atoms with E-state index in [1.165, 1.54) is 17.8 Å². The van der Waals surface area contributed by atoms with E-state index in [0.717, 1.165) is 22.9 Å². The van der Waals surface area contributed by atoms with E-state index >= 15 is 0 Å². The zero-order valence-electron chi connectivity index (χ0n) is 9.97. The molecule has 1 aromatic carbocycles. The van der Waals surface area contributed by atoms with E-state index in [4.69, 9.17) is 0 Å². The lowest BCUT2D eigenvalue weighted by molar-refractivity contribution is 0.509. The fourth-order valence-electron chi connectivity index (χ4n) is 1.84. The highest BCUT2D eigenvalue weighted by Crippen LogP contribution is 2.24. The molecular weight excluding hydrogens is 268 g/mol. The maximum atomic E-state index is 13.3. The molecule has 3 rings (SSSR count). The fraction of sp³-hybridized carbons (Fsp3) is 0.0769. The summed E-state index contributed by atoms with van der Waals surface area (Å²) in [5.74, 6) is -1.75. The van der Waals surface area contributed by atoms with E-state index in [1.807, 2.05) is 16.9 Å². The van der Waals surface area contributed by atoms with E-state index < -0.39 is 11.6 Å². The lowest BCUT2D eigenvalue weighted by Crippen LogP contribution is -1.96. The molecule has 3 nitrogen and oxygen atoms in total. The predicted octanol–water partition coefficient (Wildman–Crippen LogP) is 3.40. The molecule has 0 bridgehead atoms. The molecule has 0 fully saturated rings. The number of nitrogens with zero attached hydrogens (tertiary/aromatic N) is 3. The molecule has 0 saturated carbocycles. The van der Waals surface area contributed by atoms with Gasteiger partial charge in [-0.2, -0.15) is 0 Å². The number of thioether (sulfide) groups is 1. The Balaban J connectivity index is 2.21. The second kappa shape index (κ2) is 4.62. The average Bonchev–Trinajstić information content (AvgIpc) is 2.89. The molecule has 96 valence electrons. The number of benzene rings is 1. The summed E-state index contributed by atoms with van der Waals surface area (Å²) in [6, 6.07) is 5.48. The van der Waals surface area contributed by atoms with E-state index in [2.05, 4.69) is 9.97 Å². The Bertz CT molecular complexity index is 755. The quantitative estimate of drug-likeness (QED) is 0.531. The summed E-state index contributed by atoms with van der Waals surface area (Å²) in [4.78, 5) is 8.62. The summed E-state index contributed by atoms with van der Waals surface area (Å²) < 4.78 is 28.1. The third-order valence-electron chi connectivity index (χ3n) is 2.76. The molecule has 0 unspecified atom stereocenters. The Morgan fingerprint density at radius 1 is 1.16 bits per heavy atom. The molecule has 0 saturated heterocycles. The molecule has 0 aliphatic rings. The summed E-state index contributed by atoms with van der Waals surface area (Å²) in [6.45, 7) is 0. The topological polar surface area (TPSA) is 30.2 Å². The van der Waals surface area contributed by atoms with Crippen molar-refractivity contribution in [2.45, 2.75) is 5.16 Å². The second-order valence-electron chi connectivity index (χ2n) is 3.91. The van der Waals surface area contributed by atoms with Crippen molar-refractivity contribution in [3.8, 4) is 11.3 Å². The molecule has 3 aromatic rings. The van der Waals surface area contributed by atoms with Crippen LogP contribution in [0.1, 0.15) is 0 Å². The standard InChI is InChI=1S/C13H9F2N3S/c1-19-13-17-11(7-12-16-4-5-18(12)13)8-2-3-9(14)10(15)6-8/h2-7H,1H3. The SMILES string of the molecule is CSc1nc(-c2ccc(F)c(F)c2)cc2nccn12. The summed E-state index contributed by atoms with van der Waals surface area (Å²) >= 11 is 1.46. The molecule has 0 atom stereocenters. The third-order valence-corrected chi connectivity index (χ3v) is 3.41. The Morgan fingerprint density at radius 2 is 2.00 bits per heavy atom. The van der Waals surface area contributed by atoms with Gasteiger partial charge in [0.2, 0.25) is 0 Å². The van der Waals surface area contributed by atoms with Gasteiger partial charge < -0.3 is 0 Å². The van der Waals surface area contributed by atoms with Crippen molar-refractivity contribution in [2.75, 3.05) is 6.26 Å². The van der Waals surface area contributed by atoms with Crippen LogP contribution in [0.4, 0.5) is 8.78 Å². The van der Waals surface area contributed by atoms with E-state index in [1.54, 1.807) is 12.3 Å². The van der Waals surface area contributed by atoms with Gasteiger partial charge in [-0.1, -0.05) is 11.8 Å². The van der Waals surface area contributed by atoms with Gasteiger partial charge in [0, 0.05) is 24.0 Å². The molecule has 0 amide bonds. The second-order valence-corrected chi connectivity index (χ2v) is 4.69. The van der Waals surface area contributed by atoms with Crippen LogP contribution < -0.4 is 0 Å². The van der Waals surface area contributed by atoms with Crippen LogP contribution in [0.3, 0.4) is 0 Å². The molecule has 19 heavy (non-hydrogen) atoms. The smallest absolute Gasteiger partial charge is 0.174 e. The molecular formula is C13H9F2N3S. The van der Waals surface area contributed by atoms with Crippen molar-refractivity contribution >= 4 is 17.4 Å². The number of fused-ring (bicyclic) bond motifs is 1. The van der Waals surface area contributed by atoms with Crippen LogP contribution in [0.25, 0.3) is 16.9 Å². The maximum absolute atomic E-state index is 13.3. The van der Waals surface area contributed by atoms with Crippen molar-refractivity contribution in [1.82, 2.24) is 14.4 Å². The van der Waals surface area contributed by atoms with Gasteiger partial charge in [0.05, 0.1) is 5.69 Å². The third kappa shape index (κ3) is 2.08. The van der Waals surface area contributed by atoms with Gasteiger partial charge in [0.15, 0.2) is 16.8 Å². The van der Waals surface area contributed by atoms with Crippen LogP contribution in [0.5, 0.6) is 0 Å². The van der Waals surface area contributed by atoms with Gasteiger partial charge in [-0.25, -0.2) is 18.7 Å². The largest absolute Gasteiger partial charge is 0.279 e. The Hall–Kier alpha value is -1.95. The molecule has 0 N–H and O–H groups in total. The van der Waals surface area contributed by atoms with Gasteiger partial charge in [0.1, 0.15) is 5.65 Å². The normalized spacial score (nSPS) is 11.1. The lowest BCUT2D eigenvalue weighted by atomic mass is 10.1. The van der Waals surface area contributed by atoms with Crippen LogP contribution in [0.15, 0.2) is 41.8 Å². The van der Waals surface area contributed by atoms with Gasteiger partial charge in [0.25, 0.3) is 0 Å². The van der Waals surface area contributed by atoms with Crippen LogP contribution in [-0.2, 0) is 0 Å². The molecule has 2 aromatic heterocycles. The number of halogens is 2. The highest BCUT2D eigenvalue weighted by atomic mass is 32.2. The van der Waals surface area contributed by atoms with Crippen molar-refractivity contribution in [3.63, 3.8) is 0 Å². The fourth-order valence-corrected chi connectivity index (χ4v) is 2.38. The zero-order valence-corrected chi connectivity index (χ0v) is 10.8. The van der Waals surface area contributed by atoms with Crippen LogP contribution in [-0.4, -0.2) is 20.6 Å². The van der Waals surface area contributed by atoms with Crippen molar-refractivity contribution in [2.24, 2.45) is 0 Å². The molecule has 2 heterocycles. The van der Waals surface area contributed by atoms with Crippen LogP contribution >= 0.6 is 11.8 Å². The van der Waals surface area contributed by atoms with E-state index in [-0.39, 0.29) is 0 Å². The minimum atomic E-state index is -0.881. The summed E-state index contributed by atoms with van der Waals surface area (Å²) in [7, 11) is 0. The van der Waals surface area contributed by atoms with Gasteiger partial charge in [-0.3, -0.25) is 4.40 Å². The average molecular weight is 277 g/mol. The summed E-state index contributed by atoms with van der Waals surface area (Å²) in [5.41, 5.74) is 1.82. The van der Waals surface area contributed by atoms with Gasteiger partial charge in [-0.15, -0.1) is 0 Å². The first-order valence-corrected chi connectivity index (χ1v) is 6.75. The number of rotatable bonds is 2. The van der Waals surface area contributed by atoms with E-state index in [0.29, 0.717) is 11.3 Å². The summed E-state index contributed by atoms with van der Waals surface area (Å²) in [6.07, 6.45) is 5.38. The molecule has 0 radical (unpaired) electrons. The first kappa shape index (κ1) is 12.1.